The van der Waals surface area contributed by atoms with Crippen LogP contribution in [0.3, 0.4) is 0 Å². The molecule has 4 aromatic rings. The van der Waals surface area contributed by atoms with Gasteiger partial charge in [0.2, 0.25) is 5.95 Å². The van der Waals surface area contributed by atoms with E-state index in [0.717, 1.165) is 16.3 Å². The summed E-state index contributed by atoms with van der Waals surface area (Å²) in [6.45, 7) is 2.04. The van der Waals surface area contributed by atoms with E-state index in [1.807, 2.05) is 79.7 Å². The maximum atomic E-state index is 12.6. The number of nitrogens with one attached hydrogen (secondary N) is 2. The molecule has 0 aliphatic rings. The molecule has 1 atom stereocenters. The van der Waals surface area contributed by atoms with E-state index in [-0.39, 0.29) is 11.9 Å². The Morgan fingerprint density at radius 3 is 2.46 bits per heavy atom. The number of carbonyl (C=O) groups excluding carboxylic acids is 1. The summed E-state index contributed by atoms with van der Waals surface area (Å²) >= 11 is 0. The molecule has 0 radical (unpaired) electrons. The van der Waals surface area contributed by atoms with Gasteiger partial charge >= 0.3 is 0 Å². The van der Waals surface area contributed by atoms with Crippen LogP contribution in [0.4, 0.5) is 11.8 Å². The maximum absolute atomic E-state index is 12.6. The predicted octanol–water partition coefficient (Wildman–Crippen LogP) is 5.06. The lowest BCUT2D eigenvalue weighted by Crippen LogP contribution is -2.15. The largest absolute Gasteiger partial charge is 0.348 e. The van der Waals surface area contributed by atoms with E-state index in [1.165, 1.54) is 0 Å². The van der Waals surface area contributed by atoms with Crippen molar-refractivity contribution >= 4 is 28.4 Å². The molecule has 0 saturated heterocycles. The fourth-order valence-electron chi connectivity index (χ4n) is 3.04. The third-order valence-corrected chi connectivity index (χ3v) is 4.55. The average Bonchev–Trinajstić information content (AvgIpc) is 2.74. The Balaban J connectivity index is 1.48. The second-order valence-electron chi connectivity index (χ2n) is 6.56. The molecule has 1 amide bonds. The maximum Gasteiger partial charge on any atom is 0.256 e. The molecule has 5 nitrogen and oxygen atoms in total. The van der Waals surface area contributed by atoms with Gasteiger partial charge in [0, 0.05) is 11.8 Å². The molecule has 0 bridgehead atoms. The van der Waals surface area contributed by atoms with Gasteiger partial charge < -0.3 is 10.6 Å². The first-order chi connectivity index (χ1) is 13.7. The van der Waals surface area contributed by atoms with Crippen LogP contribution in [-0.2, 0) is 0 Å². The van der Waals surface area contributed by atoms with Crippen molar-refractivity contribution in [2.75, 3.05) is 10.6 Å². The van der Waals surface area contributed by atoms with E-state index in [0.29, 0.717) is 17.3 Å². The Kier molecular flexibility index (Phi) is 4.97. The fourth-order valence-corrected chi connectivity index (χ4v) is 3.04. The van der Waals surface area contributed by atoms with Crippen molar-refractivity contribution in [1.29, 1.82) is 0 Å². The van der Waals surface area contributed by atoms with Gasteiger partial charge in [-0.15, -0.1) is 0 Å². The Hall–Kier alpha value is -3.73. The highest BCUT2D eigenvalue weighted by atomic mass is 16.1. The molecule has 5 heteroatoms. The highest BCUT2D eigenvalue weighted by molar-refractivity contribution is 6.06. The number of amides is 1. The summed E-state index contributed by atoms with van der Waals surface area (Å²) < 4.78 is 0. The highest BCUT2D eigenvalue weighted by Crippen LogP contribution is 2.19. The number of benzene rings is 3. The highest BCUT2D eigenvalue weighted by Gasteiger charge is 2.10. The first-order valence-corrected chi connectivity index (χ1v) is 9.14. The average molecular weight is 368 g/mol. The topological polar surface area (TPSA) is 66.9 Å². The van der Waals surface area contributed by atoms with Gasteiger partial charge in [0.15, 0.2) is 0 Å². The number of anilines is 2. The second kappa shape index (κ2) is 7.88. The molecule has 0 saturated carbocycles. The van der Waals surface area contributed by atoms with Crippen LogP contribution in [0.1, 0.15) is 28.9 Å². The minimum Gasteiger partial charge on any atom is -0.348 e. The molecule has 0 unspecified atom stereocenters. The molecule has 28 heavy (non-hydrogen) atoms. The van der Waals surface area contributed by atoms with Gasteiger partial charge in [-0.2, -0.15) is 4.98 Å². The van der Waals surface area contributed by atoms with Crippen LogP contribution in [0.25, 0.3) is 10.8 Å². The normalized spacial score (nSPS) is 11.8. The van der Waals surface area contributed by atoms with Crippen molar-refractivity contribution in [1.82, 2.24) is 9.97 Å². The van der Waals surface area contributed by atoms with Gasteiger partial charge in [0.25, 0.3) is 5.91 Å². The predicted molar refractivity (Wildman–Crippen MR) is 112 cm³/mol. The molecule has 0 aliphatic carbocycles. The lowest BCUT2D eigenvalue weighted by molar-refractivity contribution is 0.102. The molecule has 0 spiro atoms. The number of fused-ring (bicyclic) bond motifs is 1. The molecule has 4 rings (SSSR count). The minimum absolute atomic E-state index is 0.0487. The lowest BCUT2D eigenvalue weighted by Gasteiger charge is -2.14. The van der Waals surface area contributed by atoms with Crippen LogP contribution >= 0.6 is 0 Å². The molecule has 0 fully saturated rings. The Labute approximate surface area is 163 Å². The van der Waals surface area contributed by atoms with E-state index in [1.54, 1.807) is 12.3 Å². The lowest BCUT2D eigenvalue weighted by atomic mass is 10.1. The molecule has 3 aromatic carbocycles. The van der Waals surface area contributed by atoms with Crippen LogP contribution in [0.15, 0.2) is 85.1 Å². The van der Waals surface area contributed by atoms with Gasteiger partial charge in [-0.25, -0.2) is 4.98 Å². The van der Waals surface area contributed by atoms with E-state index in [2.05, 4.69) is 20.6 Å². The summed E-state index contributed by atoms with van der Waals surface area (Å²) in [5.74, 6) is 0.718. The van der Waals surface area contributed by atoms with Crippen molar-refractivity contribution in [3.63, 3.8) is 0 Å². The monoisotopic (exact) mass is 368 g/mol. The third-order valence-electron chi connectivity index (χ3n) is 4.55. The van der Waals surface area contributed by atoms with Gasteiger partial charge in [0.1, 0.15) is 5.82 Å². The zero-order valence-electron chi connectivity index (χ0n) is 15.5. The first kappa shape index (κ1) is 17.7. The van der Waals surface area contributed by atoms with E-state index in [9.17, 15) is 4.79 Å². The number of carbonyl (C=O) groups is 1. The van der Waals surface area contributed by atoms with Crippen LogP contribution in [-0.4, -0.2) is 15.9 Å². The SMILES string of the molecule is C[C@H](Nc1nccc(NC(=O)c2ccc3ccccc3c2)n1)c1ccccc1. The molecule has 1 aromatic heterocycles. The Bertz CT molecular complexity index is 1110. The van der Waals surface area contributed by atoms with Crippen LogP contribution in [0.5, 0.6) is 0 Å². The second-order valence-corrected chi connectivity index (χ2v) is 6.56. The third kappa shape index (κ3) is 3.99. The van der Waals surface area contributed by atoms with Gasteiger partial charge in [0.05, 0.1) is 6.04 Å². The Morgan fingerprint density at radius 1 is 0.893 bits per heavy atom. The standard InChI is InChI=1S/C23H20N4O/c1-16(17-7-3-2-4-8-17)25-23-24-14-13-21(27-23)26-22(28)20-12-11-18-9-5-6-10-19(18)15-20/h2-16H,1H3,(H2,24,25,26,27,28)/t16-/m0/s1. The molecular weight excluding hydrogens is 348 g/mol. The zero-order valence-corrected chi connectivity index (χ0v) is 15.5. The van der Waals surface area contributed by atoms with Gasteiger partial charge in [-0.1, -0.05) is 60.7 Å². The van der Waals surface area contributed by atoms with Crippen LogP contribution in [0.2, 0.25) is 0 Å². The van der Waals surface area contributed by atoms with Crippen molar-refractivity contribution in [3.8, 4) is 0 Å². The Morgan fingerprint density at radius 2 is 1.64 bits per heavy atom. The summed E-state index contributed by atoms with van der Waals surface area (Å²) in [4.78, 5) is 21.3. The van der Waals surface area contributed by atoms with Crippen LogP contribution < -0.4 is 10.6 Å². The van der Waals surface area contributed by atoms with E-state index < -0.39 is 0 Å². The number of aromatic nitrogens is 2. The fraction of sp³-hybridized carbons (Fsp3) is 0.0870. The van der Waals surface area contributed by atoms with Crippen molar-refractivity contribution in [2.45, 2.75) is 13.0 Å². The number of nitrogens with zero attached hydrogens (tertiary/aromatic N) is 2. The zero-order chi connectivity index (χ0) is 19.3. The smallest absolute Gasteiger partial charge is 0.256 e. The summed E-state index contributed by atoms with van der Waals surface area (Å²) in [5.41, 5.74) is 1.72. The van der Waals surface area contributed by atoms with E-state index in [4.69, 9.17) is 0 Å². The number of hydrogen-bond acceptors (Lipinski definition) is 4. The van der Waals surface area contributed by atoms with Crippen molar-refractivity contribution < 1.29 is 4.79 Å². The summed E-state index contributed by atoms with van der Waals surface area (Å²) in [5, 5.41) is 8.23. The van der Waals surface area contributed by atoms with Gasteiger partial charge in [-0.05, 0) is 41.5 Å². The van der Waals surface area contributed by atoms with Crippen molar-refractivity contribution in [2.24, 2.45) is 0 Å². The quantitative estimate of drug-likeness (QED) is 0.517. The first-order valence-electron chi connectivity index (χ1n) is 9.14. The van der Waals surface area contributed by atoms with Gasteiger partial charge in [-0.3, -0.25) is 4.79 Å². The number of rotatable bonds is 5. The van der Waals surface area contributed by atoms with Crippen molar-refractivity contribution in [3.05, 3.63) is 96.2 Å². The summed E-state index contributed by atoms with van der Waals surface area (Å²) in [6.07, 6.45) is 1.63. The molecule has 138 valence electrons. The van der Waals surface area contributed by atoms with Crippen LogP contribution in [0, 0.1) is 0 Å². The summed E-state index contributed by atoms with van der Waals surface area (Å²) in [6, 6.07) is 25.4. The molecule has 1 heterocycles. The number of hydrogen-bond donors (Lipinski definition) is 2. The minimum atomic E-state index is -0.202. The molecule has 2 N–H and O–H groups in total. The molecular formula is C23H20N4O. The summed E-state index contributed by atoms with van der Waals surface area (Å²) in [7, 11) is 0. The molecule has 0 aliphatic heterocycles. The van der Waals surface area contributed by atoms with E-state index >= 15 is 0 Å².